The fourth-order valence-electron chi connectivity index (χ4n) is 2.35. The van der Waals surface area contributed by atoms with Gasteiger partial charge in [-0.15, -0.1) is 0 Å². The van der Waals surface area contributed by atoms with E-state index in [0.717, 1.165) is 25.9 Å². The molecule has 0 bridgehead atoms. The van der Waals surface area contributed by atoms with E-state index in [4.69, 9.17) is 5.73 Å². The lowest BCUT2D eigenvalue weighted by Crippen LogP contribution is -2.42. The average Bonchev–Trinajstić information content (AvgIpc) is 2.39. The summed E-state index contributed by atoms with van der Waals surface area (Å²) in [6.45, 7) is 6.12. The van der Waals surface area contributed by atoms with Crippen molar-refractivity contribution in [2.24, 2.45) is 5.41 Å². The lowest BCUT2D eigenvalue weighted by atomic mass is 9.78. The van der Waals surface area contributed by atoms with Crippen LogP contribution < -0.4 is 5.73 Å². The van der Waals surface area contributed by atoms with Crippen molar-refractivity contribution in [3.63, 3.8) is 0 Å². The van der Waals surface area contributed by atoms with Crippen LogP contribution >= 0.6 is 0 Å². The van der Waals surface area contributed by atoms with Crippen LogP contribution in [0, 0.1) is 5.41 Å². The molecule has 4 nitrogen and oxygen atoms in total. The molecule has 0 radical (unpaired) electrons. The van der Waals surface area contributed by atoms with Gasteiger partial charge in [0.15, 0.2) is 5.69 Å². The maximum atomic E-state index is 12.3. The van der Waals surface area contributed by atoms with Gasteiger partial charge >= 0.3 is 0 Å². The zero-order valence-corrected chi connectivity index (χ0v) is 11.1. The Hall–Kier alpha value is -1.58. The van der Waals surface area contributed by atoms with Crippen molar-refractivity contribution in [3.8, 4) is 0 Å². The van der Waals surface area contributed by atoms with E-state index in [9.17, 15) is 4.79 Å². The van der Waals surface area contributed by atoms with Gasteiger partial charge in [0.25, 0.3) is 5.91 Å². The maximum Gasteiger partial charge on any atom is 0.274 e. The molecule has 1 amide bonds. The predicted molar refractivity (Wildman–Crippen MR) is 72.2 cm³/mol. The SMILES string of the molecule is CCC1(C)CCN(C(=O)c2ncccc2N)CC1. The van der Waals surface area contributed by atoms with E-state index in [-0.39, 0.29) is 5.91 Å². The number of carbonyl (C=O) groups excluding carboxylic acids is 1. The number of carbonyl (C=O) groups is 1. The molecule has 0 atom stereocenters. The number of nitrogens with two attached hydrogens (primary N) is 1. The van der Waals surface area contributed by atoms with Crippen LogP contribution in [0.3, 0.4) is 0 Å². The number of hydrogen-bond acceptors (Lipinski definition) is 3. The summed E-state index contributed by atoms with van der Waals surface area (Å²) in [6.07, 6.45) is 4.90. The molecule has 98 valence electrons. The Morgan fingerprint density at radius 2 is 2.17 bits per heavy atom. The van der Waals surface area contributed by atoms with E-state index >= 15 is 0 Å². The minimum atomic E-state index is -0.0359. The summed E-state index contributed by atoms with van der Waals surface area (Å²) in [6, 6.07) is 3.47. The molecule has 4 heteroatoms. The molecular formula is C14H21N3O. The molecule has 18 heavy (non-hydrogen) atoms. The summed E-state index contributed by atoms with van der Waals surface area (Å²) in [5.41, 5.74) is 7.03. The normalized spacial score (nSPS) is 18.7. The second-order valence-corrected chi connectivity index (χ2v) is 5.40. The number of likely N-dealkylation sites (tertiary alicyclic amines) is 1. The van der Waals surface area contributed by atoms with E-state index in [1.54, 1.807) is 18.3 Å². The molecule has 0 aromatic carbocycles. The number of pyridine rings is 1. The van der Waals surface area contributed by atoms with Gasteiger partial charge in [-0.05, 0) is 30.4 Å². The highest BCUT2D eigenvalue weighted by Gasteiger charge is 2.31. The Kier molecular flexibility index (Phi) is 3.55. The van der Waals surface area contributed by atoms with Crippen molar-refractivity contribution in [2.45, 2.75) is 33.1 Å². The molecule has 1 aliphatic rings. The Balaban J connectivity index is 2.07. The van der Waals surface area contributed by atoms with E-state index in [2.05, 4.69) is 18.8 Å². The van der Waals surface area contributed by atoms with Crippen LogP contribution in [0.2, 0.25) is 0 Å². The topological polar surface area (TPSA) is 59.2 Å². The fraction of sp³-hybridized carbons (Fsp3) is 0.571. The molecule has 1 aromatic rings. The number of rotatable bonds is 2. The van der Waals surface area contributed by atoms with Crippen LogP contribution in [-0.4, -0.2) is 28.9 Å². The molecule has 0 spiro atoms. The molecule has 2 N–H and O–H groups in total. The van der Waals surface area contributed by atoms with Gasteiger partial charge in [-0.1, -0.05) is 20.3 Å². The van der Waals surface area contributed by atoms with E-state index < -0.39 is 0 Å². The van der Waals surface area contributed by atoms with Crippen LogP contribution in [0.1, 0.15) is 43.6 Å². The first kappa shape index (κ1) is 12.9. The third-order valence-electron chi connectivity index (χ3n) is 4.15. The Morgan fingerprint density at radius 1 is 1.50 bits per heavy atom. The van der Waals surface area contributed by atoms with Crippen LogP contribution in [0.5, 0.6) is 0 Å². The first-order valence-electron chi connectivity index (χ1n) is 6.55. The summed E-state index contributed by atoms with van der Waals surface area (Å²) in [5, 5.41) is 0. The monoisotopic (exact) mass is 247 g/mol. The van der Waals surface area contributed by atoms with Crippen LogP contribution in [-0.2, 0) is 0 Å². The summed E-state index contributed by atoms with van der Waals surface area (Å²) in [4.78, 5) is 18.3. The minimum Gasteiger partial charge on any atom is -0.397 e. The van der Waals surface area contributed by atoms with Crippen LogP contribution in [0.25, 0.3) is 0 Å². The van der Waals surface area contributed by atoms with E-state index in [1.807, 2.05) is 4.90 Å². The number of piperidine rings is 1. The summed E-state index contributed by atoms with van der Waals surface area (Å²) < 4.78 is 0. The summed E-state index contributed by atoms with van der Waals surface area (Å²) >= 11 is 0. The zero-order valence-electron chi connectivity index (χ0n) is 11.1. The molecule has 1 aliphatic heterocycles. The first-order valence-corrected chi connectivity index (χ1v) is 6.55. The third kappa shape index (κ3) is 2.47. The van der Waals surface area contributed by atoms with Gasteiger partial charge in [0.2, 0.25) is 0 Å². The molecule has 2 heterocycles. The fourth-order valence-corrected chi connectivity index (χ4v) is 2.35. The number of amides is 1. The number of anilines is 1. The average molecular weight is 247 g/mol. The third-order valence-corrected chi connectivity index (χ3v) is 4.15. The Morgan fingerprint density at radius 3 is 2.72 bits per heavy atom. The second kappa shape index (κ2) is 4.96. The van der Waals surface area contributed by atoms with Crippen molar-refractivity contribution in [1.29, 1.82) is 0 Å². The highest BCUT2D eigenvalue weighted by molar-refractivity contribution is 5.97. The summed E-state index contributed by atoms with van der Waals surface area (Å²) in [5.74, 6) is -0.0359. The van der Waals surface area contributed by atoms with Gasteiger partial charge < -0.3 is 10.6 Å². The Bertz CT molecular complexity index is 436. The summed E-state index contributed by atoms with van der Waals surface area (Å²) in [7, 11) is 0. The standard InChI is InChI=1S/C14H21N3O/c1-3-14(2)6-9-17(10-7-14)13(18)12-11(15)5-4-8-16-12/h4-5,8H,3,6-7,9-10,15H2,1-2H3. The molecule has 0 aliphatic carbocycles. The van der Waals surface area contributed by atoms with Gasteiger partial charge in [-0.25, -0.2) is 4.98 Å². The highest BCUT2D eigenvalue weighted by atomic mass is 16.2. The van der Waals surface area contributed by atoms with Gasteiger partial charge in [0, 0.05) is 19.3 Å². The van der Waals surface area contributed by atoms with Gasteiger partial charge in [0.1, 0.15) is 0 Å². The van der Waals surface area contributed by atoms with Crippen LogP contribution in [0.15, 0.2) is 18.3 Å². The maximum absolute atomic E-state index is 12.3. The smallest absolute Gasteiger partial charge is 0.274 e. The van der Waals surface area contributed by atoms with E-state index in [1.165, 1.54) is 6.42 Å². The molecule has 1 saturated heterocycles. The van der Waals surface area contributed by atoms with Crippen molar-refractivity contribution in [1.82, 2.24) is 9.88 Å². The molecule has 0 unspecified atom stereocenters. The van der Waals surface area contributed by atoms with Gasteiger partial charge in [-0.2, -0.15) is 0 Å². The molecular weight excluding hydrogens is 226 g/mol. The van der Waals surface area contributed by atoms with Gasteiger partial charge in [-0.3, -0.25) is 4.79 Å². The molecule has 1 aromatic heterocycles. The second-order valence-electron chi connectivity index (χ2n) is 5.40. The minimum absolute atomic E-state index is 0.0359. The molecule has 0 saturated carbocycles. The Labute approximate surface area is 108 Å². The van der Waals surface area contributed by atoms with Crippen molar-refractivity contribution < 1.29 is 4.79 Å². The van der Waals surface area contributed by atoms with Crippen molar-refractivity contribution in [3.05, 3.63) is 24.0 Å². The first-order chi connectivity index (χ1) is 8.56. The van der Waals surface area contributed by atoms with Crippen molar-refractivity contribution in [2.75, 3.05) is 18.8 Å². The number of nitrogens with zero attached hydrogens (tertiary/aromatic N) is 2. The number of hydrogen-bond donors (Lipinski definition) is 1. The van der Waals surface area contributed by atoms with Crippen molar-refractivity contribution >= 4 is 11.6 Å². The number of nitrogen functional groups attached to an aromatic ring is 1. The largest absolute Gasteiger partial charge is 0.397 e. The number of aromatic nitrogens is 1. The van der Waals surface area contributed by atoms with Gasteiger partial charge in [0.05, 0.1) is 5.69 Å². The lowest BCUT2D eigenvalue weighted by Gasteiger charge is -2.38. The van der Waals surface area contributed by atoms with E-state index in [0.29, 0.717) is 16.8 Å². The molecule has 1 fully saturated rings. The lowest BCUT2D eigenvalue weighted by molar-refractivity contribution is 0.0596. The van der Waals surface area contributed by atoms with Crippen LogP contribution in [0.4, 0.5) is 5.69 Å². The quantitative estimate of drug-likeness (QED) is 0.872. The zero-order chi connectivity index (χ0) is 13.2. The predicted octanol–water partition coefficient (Wildman–Crippen LogP) is 2.32. The molecule has 2 rings (SSSR count). The highest BCUT2D eigenvalue weighted by Crippen LogP contribution is 2.34.